The molecule has 0 aliphatic carbocycles. The highest BCUT2D eigenvalue weighted by Gasteiger charge is 2.05. The average molecular weight is 255 g/mol. The van der Waals surface area contributed by atoms with E-state index in [0.29, 0.717) is 17.2 Å². The standard InChI is InChI=1S/C14H19ClO2/c1-6-7-14(16)17-13(11(4)5)9-8-12(15)10(2)3/h6-7H2,1-5H3. The normalized spacial score (nSPS) is 8.82. The van der Waals surface area contributed by atoms with Crippen molar-refractivity contribution in [2.75, 3.05) is 0 Å². The summed E-state index contributed by atoms with van der Waals surface area (Å²) in [6, 6.07) is 0. The topological polar surface area (TPSA) is 26.3 Å². The first-order chi connectivity index (χ1) is 7.88. The number of esters is 1. The van der Waals surface area contributed by atoms with E-state index >= 15 is 0 Å². The fourth-order valence-corrected chi connectivity index (χ4v) is 0.905. The van der Waals surface area contributed by atoms with Crippen LogP contribution >= 0.6 is 11.6 Å². The lowest BCUT2D eigenvalue weighted by atomic mass is 10.2. The molecule has 0 spiro atoms. The molecule has 0 saturated carbocycles. The third kappa shape index (κ3) is 6.86. The van der Waals surface area contributed by atoms with Crippen molar-refractivity contribution >= 4 is 17.6 Å². The summed E-state index contributed by atoms with van der Waals surface area (Å²) in [5.74, 6) is 5.69. The van der Waals surface area contributed by atoms with Crippen LogP contribution in [0.3, 0.4) is 0 Å². The molecule has 0 aromatic heterocycles. The lowest BCUT2D eigenvalue weighted by Crippen LogP contribution is -2.03. The van der Waals surface area contributed by atoms with Gasteiger partial charge in [0.05, 0.1) is 5.03 Å². The van der Waals surface area contributed by atoms with Crippen LogP contribution in [0.1, 0.15) is 47.5 Å². The smallest absolute Gasteiger partial charge is 0.311 e. The highest BCUT2D eigenvalue weighted by Crippen LogP contribution is 2.10. The first-order valence-corrected chi connectivity index (χ1v) is 5.99. The van der Waals surface area contributed by atoms with Crippen molar-refractivity contribution in [2.45, 2.75) is 47.5 Å². The second-order valence-corrected chi connectivity index (χ2v) is 4.50. The Balaban J connectivity index is 4.88. The Morgan fingerprint density at radius 1 is 1.12 bits per heavy atom. The van der Waals surface area contributed by atoms with Gasteiger partial charge in [0.25, 0.3) is 0 Å². The van der Waals surface area contributed by atoms with Gasteiger partial charge >= 0.3 is 5.97 Å². The first kappa shape index (κ1) is 15.8. The summed E-state index contributed by atoms with van der Waals surface area (Å²) in [4.78, 5) is 11.4. The van der Waals surface area contributed by atoms with Gasteiger partial charge in [-0.15, -0.1) is 0 Å². The maximum Gasteiger partial charge on any atom is 0.311 e. The van der Waals surface area contributed by atoms with Crippen molar-refractivity contribution in [3.8, 4) is 11.8 Å². The maximum atomic E-state index is 11.4. The minimum atomic E-state index is -0.258. The van der Waals surface area contributed by atoms with Crippen molar-refractivity contribution in [3.63, 3.8) is 0 Å². The zero-order valence-electron chi connectivity index (χ0n) is 11.1. The molecule has 0 N–H and O–H groups in total. The quantitative estimate of drug-likeness (QED) is 0.429. The van der Waals surface area contributed by atoms with E-state index in [1.54, 1.807) is 0 Å². The SMILES string of the molecule is CCCC(=O)OC(C#CC(Cl)=C(C)C)=C(C)C. The molecule has 0 amide bonds. The second kappa shape index (κ2) is 7.97. The van der Waals surface area contributed by atoms with Crippen molar-refractivity contribution in [1.82, 2.24) is 0 Å². The number of carbonyl (C=O) groups is 1. The second-order valence-electron chi connectivity index (χ2n) is 4.12. The van der Waals surface area contributed by atoms with Gasteiger partial charge in [-0.3, -0.25) is 4.79 Å². The highest BCUT2D eigenvalue weighted by molar-refractivity contribution is 6.32. The summed E-state index contributed by atoms with van der Waals surface area (Å²) >= 11 is 5.91. The number of hydrogen-bond acceptors (Lipinski definition) is 2. The van der Waals surface area contributed by atoms with Crippen LogP contribution in [0.2, 0.25) is 0 Å². The Bertz CT molecular complexity index is 398. The molecule has 0 unspecified atom stereocenters. The van der Waals surface area contributed by atoms with Gasteiger partial charge in [-0.25, -0.2) is 0 Å². The minimum Gasteiger partial charge on any atom is -0.417 e. The molecule has 0 atom stereocenters. The summed E-state index contributed by atoms with van der Waals surface area (Å²) < 4.78 is 5.17. The Morgan fingerprint density at radius 2 is 1.71 bits per heavy atom. The van der Waals surface area contributed by atoms with Crippen molar-refractivity contribution in [2.24, 2.45) is 0 Å². The van der Waals surface area contributed by atoms with Crippen LogP contribution in [0, 0.1) is 11.8 Å². The fraction of sp³-hybridized carbons (Fsp3) is 0.500. The van der Waals surface area contributed by atoms with Gasteiger partial charge < -0.3 is 4.74 Å². The van der Waals surface area contributed by atoms with Crippen LogP contribution in [0.4, 0.5) is 0 Å². The van der Waals surface area contributed by atoms with E-state index in [1.807, 2.05) is 34.6 Å². The number of allylic oxidation sites excluding steroid dienone is 4. The van der Waals surface area contributed by atoms with Gasteiger partial charge in [0.15, 0.2) is 5.76 Å². The molecule has 0 radical (unpaired) electrons. The molecular weight excluding hydrogens is 236 g/mol. The van der Waals surface area contributed by atoms with Crippen LogP contribution < -0.4 is 0 Å². The molecule has 0 aliphatic rings. The zero-order valence-corrected chi connectivity index (χ0v) is 11.9. The fourth-order valence-electron chi connectivity index (χ4n) is 0.858. The Labute approximate surface area is 109 Å². The zero-order chi connectivity index (χ0) is 13.4. The number of rotatable bonds is 3. The maximum absolute atomic E-state index is 11.4. The molecule has 17 heavy (non-hydrogen) atoms. The molecule has 0 aromatic rings. The van der Waals surface area contributed by atoms with E-state index in [9.17, 15) is 4.79 Å². The van der Waals surface area contributed by atoms with Crippen LogP contribution in [0.25, 0.3) is 0 Å². The summed E-state index contributed by atoms with van der Waals surface area (Å²) in [6.07, 6.45) is 1.16. The largest absolute Gasteiger partial charge is 0.417 e. The van der Waals surface area contributed by atoms with Gasteiger partial charge in [-0.2, -0.15) is 0 Å². The van der Waals surface area contributed by atoms with Gasteiger partial charge in [-0.1, -0.05) is 18.5 Å². The van der Waals surface area contributed by atoms with Crippen molar-refractivity contribution in [3.05, 3.63) is 21.9 Å². The molecule has 94 valence electrons. The minimum absolute atomic E-state index is 0.258. The molecule has 0 bridgehead atoms. The van der Waals surface area contributed by atoms with Crippen LogP contribution in [0.5, 0.6) is 0 Å². The number of halogens is 1. The van der Waals surface area contributed by atoms with E-state index in [0.717, 1.165) is 17.6 Å². The van der Waals surface area contributed by atoms with E-state index in [1.165, 1.54) is 0 Å². The molecule has 3 heteroatoms. The van der Waals surface area contributed by atoms with E-state index in [4.69, 9.17) is 16.3 Å². The average Bonchev–Trinajstić information content (AvgIpc) is 2.23. The number of hydrogen-bond donors (Lipinski definition) is 0. The molecule has 2 nitrogen and oxygen atoms in total. The Kier molecular flexibility index (Phi) is 7.41. The summed E-state index contributed by atoms with van der Waals surface area (Å²) in [7, 11) is 0. The summed E-state index contributed by atoms with van der Waals surface area (Å²) in [6.45, 7) is 9.37. The molecule has 0 aliphatic heterocycles. The molecule has 0 rings (SSSR count). The van der Waals surface area contributed by atoms with Gasteiger partial charge in [-0.05, 0) is 57.1 Å². The summed E-state index contributed by atoms with van der Waals surface area (Å²) in [5, 5.41) is 0.482. The van der Waals surface area contributed by atoms with Gasteiger partial charge in [0.2, 0.25) is 0 Å². The third-order valence-electron chi connectivity index (χ3n) is 1.85. The van der Waals surface area contributed by atoms with E-state index in [2.05, 4.69) is 11.8 Å². The third-order valence-corrected chi connectivity index (χ3v) is 2.32. The Hall–Kier alpha value is -1.20. The summed E-state index contributed by atoms with van der Waals surface area (Å²) in [5.41, 5.74) is 1.80. The van der Waals surface area contributed by atoms with Crippen molar-refractivity contribution < 1.29 is 9.53 Å². The van der Waals surface area contributed by atoms with Gasteiger partial charge in [0, 0.05) is 6.42 Å². The highest BCUT2D eigenvalue weighted by atomic mass is 35.5. The molecular formula is C14H19ClO2. The van der Waals surface area contributed by atoms with E-state index in [-0.39, 0.29) is 5.97 Å². The van der Waals surface area contributed by atoms with Crippen LogP contribution in [-0.2, 0) is 9.53 Å². The molecule has 0 heterocycles. The number of carbonyl (C=O) groups excluding carboxylic acids is 1. The molecule has 0 aromatic carbocycles. The molecule has 0 saturated heterocycles. The van der Waals surface area contributed by atoms with Gasteiger partial charge in [0.1, 0.15) is 0 Å². The molecule has 0 fully saturated rings. The predicted molar refractivity (Wildman–Crippen MR) is 71.4 cm³/mol. The monoisotopic (exact) mass is 254 g/mol. The number of ether oxygens (including phenoxy) is 1. The lowest BCUT2D eigenvalue weighted by molar-refractivity contribution is -0.139. The van der Waals surface area contributed by atoms with Crippen LogP contribution in [0.15, 0.2) is 21.9 Å². The van der Waals surface area contributed by atoms with Crippen LogP contribution in [-0.4, -0.2) is 5.97 Å². The van der Waals surface area contributed by atoms with E-state index < -0.39 is 0 Å². The predicted octanol–water partition coefficient (Wildman–Crippen LogP) is 4.16. The first-order valence-electron chi connectivity index (χ1n) is 5.61. The lowest BCUT2D eigenvalue weighted by Gasteiger charge is -2.03. The Morgan fingerprint density at radius 3 is 2.12 bits per heavy atom. The van der Waals surface area contributed by atoms with Crippen molar-refractivity contribution in [1.29, 1.82) is 0 Å².